The summed E-state index contributed by atoms with van der Waals surface area (Å²) in [5.41, 5.74) is 2.71. The summed E-state index contributed by atoms with van der Waals surface area (Å²) in [6.07, 6.45) is 22.4. The van der Waals surface area contributed by atoms with E-state index in [2.05, 4.69) is 40.7 Å². The van der Waals surface area contributed by atoms with Crippen molar-refractivity contribution in [1.82, 2.24) is 0 Å². The van der Waals surface area contributed by atoms with Crippen LogP contribution in [0.15, 0.2) is 11.6 Å². The summed E-state index contributed by atoms with van der Waals surface area (Å²) in [6.45, 7) is 13.5. The molecule has 0 aromatic rings. The molecule has 0 amide bonds. The molecule has 3 heteroatoms. The maximum Gasteiger partial charge on any atom is 0.303 e. The molecule has 37 heavy (non-hydrogen) atoms. The van der Waals surface area contributed by atoms with Crippen LogP contribution in [-0.4, -0.2) is 23.8 Å². The second kappa shape index (κ2) is 12.6. The molecule has 0 bridgehead atoms. The second-order valence-corrected chi connectivity index (χ2v) is 14.6. The molecule has 4 aliphatic rings. The molecule has 0 aromatic carbocycles. The number of fused-ring (bicyclic) bond motifs is 5. The van der Waals surface area contributed by atoms with Crippen molar-refractivity contribution in [3.8, 4) is 0 Å². The molecule has 1 N–H and O–H groups in total. The molecule has 0 saturated heterocycles. The predicted octanol–water partition coefficient (Wildman–Crippen LogP) is 9.45. The fourth-order valence-corrected chi connectivity index (χ4v) is 9.78. The molecular weight excluding hydrogens is 456 g/mol. The molecule has 3 saturated carbocycles. The van der Waals surface area contributed by atoms with Gasteiger partial charge in [-0.15, -0.1) is 0 Å². The zero-order valence-corrected chi connectivity index (χ0v) is 24.9. The lowest BCUT2D eigenvalue weighted by atomic mass is 9.47. The van der Waals surface area contributed by atoms with Gasteiger partial charge in [0.15, 0.2) is 0 Å². The van der Waals surface area contributed by atoms with Crippen LogP contribution in [0.5, 0.6) is 0 Å². The number of carboxylic acids is 1. The fraction of sp³-hybridized carbons (Fsp3) is 0.912. The number of allylic oxidation sites excluding steroid dienone is 1. The highest BCUT2D eigenvalue weighted by molar-refractivity contribution is 5.66. The van der Waals surface area contributed by atoms with Crippen LogP contribution in [0.3, 0.4) is 0 Å². The van der Waals surface area contributed by atoms with Crippen LogP contribution in [0.25, 0.3) is 0 Å². The molecule has 0 spiro atoms. The third-order valence-corrected chi connectivity index (χ3v) is 11.9. The van der Waals surface area contributed by atoms with Crippen LogP contribution < -0.4 is 0 Å². The third kappa shape index (κ3) is 6.50. The van der Waals surface area contributed by atoms with Crippen molar-refractivity contribution in [1.29, 1.82) is 0 Å². The normalized spacial score (nSPS) is 38.0. The molecule has 0 heterocycles. The number of unbranched alkanes of at least 4 members (excludes halogenated alkanes) is 3. The monoisotopic (exact) mass is 514 g/mol. The first-order valence-electron chi connectivity index (χ1n) is 16.2. The lowest BCUT2D eigenvalue weighted by molar-refractivity contribution is -0.137. The summed E-state index contributed by atoms with van der Waals surface area (Å²) in [5.74, 6) is 4.73. The van der Waals surface area contributed by atoms with Gasteiger partial charge in [-0.25, -0.2) is 0 Å². The maximum atomic E-state index is 10.7. The fourth-order valence-electron chi connectivity index (χ4n) is 9.78. The van der Waals surface area contributed by atoms with Gasteiger partial charge in [-0.05, 0) is 111 Å². The smallest absolute Gasteiger partial charge is 0.303 e. The number of ether oxygens (including phenoxy) is 1. The van der Waals surface area contributed by atoms with Gasteiger partial charge in [0.2, 0.25) is 0 Å². The SMILES string of the molecule is CC(C)CCC[C@@H](C)[C@H]1CC[C@H]2[C@@H]3CC=C4C[C@@H](OCCCCCCC(=O)O)CC[C@]4(C)[C@H]3CC[C@]12C. The highest BCUT2D eigenvalue weighted by atomic mass is 16.5. The molecule has 212 valence electrons. The van der Waals surface area contributed by atoms with Crippen LogP contribution in [-0.2, 0) is 9.53 Å². The minimum atomic E-state index is -0.675. The van der Waals surface area contributed by atoms with E-state index in [-0.39, 0.29) is 0 Å². The Labute approximate surface area is 228 Å². The molecule has 0 aromatic heterocycles. The zero-order chi connectivity index (χ0) is 26.6. The second-order valence-electron chi connectivity index (χ2n) is 14.6. The molecule has 8 atom stereocenters. The Hall–Kier alpha value is -0.830. The number of carbonyl (C=O) groups is 1. The summed E-state index contributed by atoms with van der Waals surface area (Å²) < 4.78 is 6.36. The Balaban J connectivity index is 1.30. The van der Waals surface area contributed by atoms with E-state index in [1.54, 1.807) is 5.57 Å². The Kier molecular flexibility index (Phi) is 9.90. The van der Waals surface area contributed by atoms with E-state index in [1.165, 1.54) is 64.2 Å². The summed E-state index contributed by atoms with van der Waals surface area (Å²) in [4.78, 5) is 10.7. The summed E-state index contributed by atoms with van der Waals surface area (Å²) in [5, 5.41) is 8.78. The highest BCUT2D eigenvalue weighted by Crippen LogP contribution is 2.67. The number of rotatable bonds is 13. The van der Waals surface area contributed by atoms with E-state index in [0.717, 1.165) is 74.2 Å². The summed E-state index contributed by atoms with van der Waals surface area (Å²) in [6, 6.07) is 0. The van der Waals surface area contributed by atoms with E-state index >= 15 is 0 Å². The van der Waals surface area contributed by atoms with Gasteiger partial charge in [-0.3, -0.25) is 4.79 Å². The van der Waals surface area contributed by atoms with E-state index in [0.29, 0.717) is 23.4 Å². The Bertz CT molecular complexity index is 786. The average Bonchev–Trinajstić information content (AvgIpc) is 3.20. The molecule has 3 fully saturated rings. The zero-order valence-electron chi connectivity index (χ0n) is 24.9. The van der Waals surface area contributed by atoms with Gasteiger partial charge in [0, 0.05) is 13.0 Å². The minimum Gasteiger partial charge on any atom is -0.481 e. The van der Waals surface area contributed by atoms with Crippen LogP contribution >= 0.6 is 0 Å². The van der Waals surface area contributed by atoms with Crippen LogP contribution in [0.2, 0.25) is 0 Å². The summed E-state index contributed by atoms with van der Waals surface area (Å²) in [7, 11) is 0. The van der Waals surface area contributed by atoms with E-state index < -0.39 is 5.97 Å². The average molecular weight is 515 g/mol. The van der Waals surface area contributed by atoms with Gasteiger partial charge in [0.05, 0.1) is 6.10 Å². The molecule has 0 unspecified atom stereocenters. The maximum absolute atomic E-state index is 10.7. The van der Waals surface area contributed by atoms with Crippen LogP contribution in [0, 0.1) is 46.3 Å². The topological polar surface area (TPSA) is 46.5 Å². The number of aliphatic carboxylic acids is 1. The predicted molar refractivity (Wildman–Crippen MR) is 154 cm³/mol. The first-order chi connectivity index (χ1) is 17.6. The van der Waals surface area contributed by atoms with Crippen molar-refractivity contribution in [2.75, 3.05) is 6.61 Å². The molecule has 0 aliphatic heterocycles. The van der Waals surface area contributed by atoms with Crippen LogP contribution in [0.1, 0.15) is 137 Å². The number of carboxylic acid groups (broad SMARTS) is 1. The van der Waals surface area contributed by atoms with Gasteiger partial charge >= 0.3 is 5.97 Å². The van der Waals surface area contributed by atoms with E-state index in [4.69, 9.17) is 9.84 Å². The first-order valence-corrected chi connectivity index (χ1v) is 16.2. The van der Waals surface area contributed by atoms with Crippen molar-refractivity contribution >= 4 is 5.97 Å². The lowest BCUT2D eigenvalue weighted by Crippen LogP contribution is -2.51. The van der Waals surface area contributed by atoms with Gasteiger partial charge in [-0.2, -0.15) is 0 Å². The van der Waals surface area contributed by atoms with Crippen molar-refractivity contribution < 1.29 is 14.6 Å². The standard InChI is InChI=1S/C34H58O3/c1-24(2)11-10-12-25(3)29-16-17-30-28-15-14-26-23-27(37-22-9-7-6-8-13-32(35)36)18-20-33(26,4)31(28)19-21-34(29,30)5/h14,24-25,27-31H,6-13,15-23H2,1-5H3,(H,35,36)/t25-,27+,28+,29-,30+,31+,33+,34-/m1/s1. The first kappa shape index (κ1) is 29.2. The molecule has 4 rings (SSSR count). The number of hydrogen-bond acceptors (Lipinski definition) is 2. The summed E-state index contributed by atoms with van der Waals surface area (Å²) >= 11 is 0. The van der Waals surface area contributed by atoms with Gasteiger partial charge in [-0.1, -0.05) is 78.4 Å². The Morgan fingerprint density at radius 1 is 0.973 bits per heavy atom. The van der Waals surface area contributed by atoms with Gasteiger partial charge < -0.3 is 9.84 Å². The Morgan fingerprint density at radius 3 is 2.51 bits per heavy atom. The minimum absolute atomic E-state index is 0.302. The Morgan fingerprint density at radius 2 is 1.76 bits per heavy atom. The van der Waals surface area contributed by atoms with Crippen molar-refractivity contribution in [2.24, 2.45) is 46.3 Å². The van der Waals surface area contributed by atoms with Gasteiger partial charge in [0.25, 0.3) is 0 Å². The third-order valence-electron chi connectivity index (χ3n) is 11.9. The van der Waals surface area contributed by atoms with Crippen molar-refractivity contribution in [2.45, 2.75) is 143 Å². The largest absolute Gasteiger partial charge is 0.481 e. The molecular formula is C34H58O3. The molecule has 4 aliphatic carbocycles. The van der Waals surface area contributed by atoms with E-state index in [1.807, 2.05) is 0 Å². The van der Waals surface area contributed by atoms with Crippen molar-refractivity contribution in [3.05, 3.63) is 11.6 Å². The molecule has 3 nitrogen and oxygen atoms in total. The van der Waals surface area contributed by atoms with Crippen molar-refractivity contribution in [3.63, 3.8) is 0 Å². The lowest BCUT2D eigenvalue weighted by Gasteiger charge is -2.58. The van der Waals surface area contributed by atoms with Gasteiger partial charge in [0.1, 0.15) is 0 Å². The number of hydrogen-bond donors (Lipinski definition) is 1. The molecule has 0 radical (unpaired) electrons. The van der Waals surface area contributed by atoms with E-state index in [9.17, 15) is 4.79 Å². The quantitative estimate of drug-likeness (QED) is 0.197. The van der Waals surface area contributed by atoms with Crippen LogP contribution in [0.4, 0.5) is 0 Å². The highest BCUT2D eigenvalue weighted by Gasteiger charge is 2.59.